The number of urea groups is 1. The van der Waals surface area contributed by atoms with E-state index in [1.165, 1.54) is 18.5 Å². The lowest BCUT2D eigenvalue weighted by atomic mass is 10.2. The maximum Gasteiger partial charge on any atom is 0.321 e. The first-order valence-electron chi connectivity index (χ1n) is 6.75. The van der Waals surface area contributed by atoms with Crippen LogP contribution in [-0.2, 0) is 0 Å². The molecule has 0 atom stereocenters. The molecule has 3 rings (SSSR count). The molecule has 1 aromatic rings. The molecule has 0 aliphatic carbocycles. The lowest BCUT2D eigenvalue weighted by Crippen LogP contribution is -2.46. The van der Waals surface area contributed by atoms with Gasteiger partial charge < -0.3 is 10.2 Å². The van der Waals surface area contributed by atoms with Crippen molar-refractivity contribution in [3.05, 3.63) is 24.3 Å². The van der Waals surface area contributed by atoms with Crippen molar-refractivity contribution < 1.29 is 4.79 Å². The first kappa shape index (κ1) is 11.4. The summed E-state index contributed by atoms with van der Waals surface area (Å²) in [6, 6.07) is 8.39. The Morgan fingerprint density at radius 3 is 2.22 bits per heavy atom. The Labute approximate surface area is 108 Å². The zero-order valence-electron chi connectivity index (χ0n) is 10.6. The summed E-state index contributed by atoms with van der Waals surface area (Å²) >= 11 is 0. The average Bonchev–Trinajstić information content (AvgIpc) is 2.94. The van der Waals surface area contributed by atoms with Gasteiger partial charge in [-0.1, -0.05) is 0 Å². The smallest absolute Gasteiger partial charge is 0.321 e. The topological polar surface area (TPSA) is 35.6 Å². The molecule has 18 heavy (non-hydrogen) atoms. The predicted octanol–water partition coefficient (Wildman–Crippen LogP) is 2.21. The van der Waals surface area contributed by atoms with E-state index in [4.69, 9.17) is 0 Å². The average molecular weight is 245 g/mol. The Morgan fingerprint density at radius 1 is 0.889 bits per heavy atom. The van der Waals surface area contributed by atoms with Crippen LogP contribution in [0, 0.1) is 0 Å². The first-order chi connectivity index (χ1) is 8.84. The molecule has 96 valence electrons. The zero-order valence-corrected chi connectivity index (χ0v) is 10.6. The van der Waals surface area contributed by atoms with Crippen LogP contribution in [0.1, 0.15) is 19.3 Å². The van der Waals surface area contributed by atoms with E-state index in [2.05, 4.69) is 34.5 Å². The number of carbonyl (C=O) groups excluding carboxylic acids is 1. The third-order valence-corrected chi connectivity index (χ3v) is 3.71. The minimum absolute atomic E-state index is 0.0233. The molecule has 2 fully saturated rings. The van der Waals surface area contributed by atoms with Crippen LogP contribution in [0.3, 0.4) is 0 Å². The maximum atomic E-state index is 11.7. The molecule has 0 saturated carbocycles. The van der Waals surface area contributed by atoms with Crippen LogP contribution in [0.4, 0.5) is 16.2 Å². The van der Waals surface area contributed by atoms with Crippen LogP contribution in [0.25, 0.3) is 0 Å². The fourth-order valence-electron chi connectivity index (χ4n) is 2.69. The van der Waals surface area contributed by atoms with Gasteiger partial charge in [0.2, 0.25) is 0 Å². The molecule has 0 radical (unpaired) electrons. The van der Waals surface area contributed by atoms with Gasteiger partial charge in [-0.2, -0.15) is 0 Å². The highest BCUT2D eigenvalue weighted by atomic mass is 16.2. The molecule has 2 aliphatic rings. The van der Waals surface area contributed by atoms with Gasteiger partial charge in [-0.15, -0.1) is 0 Å². The normalized spacial score (nSPS) is 20.1. The van der Waals surface area contributed by atoms with E-state index >= 15 is 0 Å². The lowest BCUT2D eigenvalue weighted by Gasteiger charge is -2.28. The summed E-state index contributed by atoms with van der Waals surface area (Å²) in [5.41, 5.74) is 2.27. The Bertz CT molecular complexity index is 423. The third kappa shape index (κ3) is 2.15. The number of amides is 2. The van der Waals surface area contributed by atoms with Gasteiger partial charge in [-0.25, -0.2) is 4.79 Å². The second kappa shape index (κ2) is 4.88. The van der Waals surface area contributed by atoms with Crippen molar-refractivity contribution in [3.63, 3.8) is 0 Å². The first-order valence-corrected chi connectivity index (χ1v) is 6.75. The lowest BCUT2D eigenvalue weighted by molar-refractivity contribution is 0.243. The minimum atomic E-state index is 0.0233. The fraction of sp³-hybridized carbons (Fsp3) is 0.500. The number of benzene rings is 1. The highest BCUT2D eigenvalue weighted by molar-refractivity contribution is 5.92. The molecule has 0 spiro atoms. The van der Waals surface area contributed by atoms with E-state index in [-0.39, 0.29) is 6.03 Å². The molecule has 1 aromatic carbocycles. The van der Waals surface area contributed by atoms with Crippen molar-refractivity contribution >= 4 is 17.4 Å². The highest BCUT2D eigenvalue weighted by Gasteiger charge is 2.19. The summed E-state index contributed by atoms with van der Waals surface area (Å²) in [4.78, 5) is 16.0. The van der Waals surface area contributed by atoms with Crippen LogP contribution < -0.4 is 15.1 Å². The molecule has 4 nitrogen and oxygen atoms in total. The van der Waals surface area contributed by atoms with Crippen molar-refractivity contribution in [3.8, 4) is 0 Å². The summed E-state index contributed by atoms with van der Waals surface area (Å²) in [5.74, 6) is 0. The fourth-order valence-corrected chi connectivity index (χ4v) is 2.69. The third-order valence-electron chi connectivity index (χ3n) is 3.71. The van der Waals surface area contributed by atoms with Crippen LogP contribution in [0.15, 0.2) is 24.3 Å². The number of nitrogens with one attached hydrogen (secondary N) is 1. The van der Waals surface area contributed by atoms with Crippen molar-refractivity contribution in [2.24, 2.45) is 0 Å². The van der Waals surface area contributed by atoms with Crippen LogP contribution >= 0.6 is 0 Å². The quantitative estimate of drug-likeness (QED) is 0.867. The molecular weight excluding hydrogens is 226 g/mol. The molecule has 1 N–H and O–H groups in total. The van der Waals surface area contributed by atoms with Gasteiger partial charge in [0.15, 0.2) is 0 Å². The van der Waals surface area contributed by atoms with Gasteiger partial charge >= 0.3 is 6.03 Å². The van der Waals surface area contributed by atoms with Gasteiger partial charge in [-0.3, -0.25) is 4.90 Å². The second-order valence-corrected chi connectivity index (χ2v) is 4.95. The van der Waals surface area contributed by atoms with Gasteiger partial charge in [0.1, 0.15) is 0 Å². The van der Waals surface area contributed by atoms with Crippen LogP contribution in [-0.4, -0.2) is 32.2 Å². The molecule has 2 aliphatic heterocycles. The van der Waals surface area contributed by atoms with Crippen LogP contribution in [0.5, 0.6) is 0 Å². The highest BCUT2D eigenvalue weighted by Crippen LogP contribution is 2.24. The molecule has 0 unspecified atom stereocenters. The van der Waals surface area contributed by atoms with Crippen molar-refractivity contribution in [1.82, 2.24) is 5.32 Å². The summed E-state index contributed by atoms with van der Waals surface area (Å²) in [6.07, 6.45) is 3.59. The molecule has 2 amide bonds. The van der Waals surface area contributed by atoms with E-state index in [0.29, 0.717) is 0 Å². The van der Waals surface area contributed by atoms with Crippen LogP contribution in [0.2, 0.25) is 0 Å². The Hall–Kier alpha value is -1.71. The second-order valence-electron chi connectivity index (χ2n) is 4.95. The van der Waals surface area contributed by atoms with Crippen molar-refractivity contribution in [2.45, 2.75) is 19.3 Å². The zero-order chi connectivity index (χ0) is 12.4. The number of nitrogens with zero attached hydrogens (tertiary/aromatic N) is 2. The molecule has 2 saturated heterocycles. The van der Waals surface area contributed by atoms with Gasteiger partial charge in [0.05, 0.1) is 0 Å². The van der Waals surface area contributed by atoms with E-state index in [1.807, 2.05) is 4.90 Å². The number of hydrogen-bond acceptors (Lipinski definition) is 2. The largest absolute Gasteiger partial charge is 0.372 e. The number of carbonyl (C=O) groups is 1. The monoisotopic (exact) mass is 245 g/mol. The minimum Gasteiger partial charge on any atom is -0.372 e. The van der Waals surface area contributed by atoms with E-state index in [1.54, 1.807) is 0 Å². The van der Waals surface area contributed by atoms with Crippen molar-refractivity contribution in [2.75, 3.05) is 36.0 Å². The molecular formula is C14H19N3O. The number of rotatable bonds is 2. The van der Waals surface area contributed by atoms with Gasteiger partial charge in [-0.05, 0) is 43.5 Å². The maximum absolute atomic E-state index is 11.7. The summed E-state index contributed by atoms with van der Waals surface area (Å²) in [7, 11) is 0. The molecule has 2 heterocycles. The summed E-state index contributed by atoms with van der Waals surface area (Å²) in [5, 5.41) is 2.88. The molecule has 0 bridgehead atoms. The number of anilines is 2. The van der Waals surface area contributed by atoms with E-state index < -0.39 is 0 Å². The molecule has 4 heteroatoms. The van der Waals surface area contributed by atoms with E-state index in [0.717, 1.165) is 38.3 Å². The Morgan fingerprint density at radius 2 is 1.56 bits per heavy atom. The Kier molecular flexibility index (Phi) is 3.09. The standard InChI is InChI=1S/C14H19N3O/c18-14-15-8-3-11-17(14)13-6-4-12(5-7-13)16-9-1-2-10-16/h4-7H,1-3,8-11H2,(H,15,18). The van der Waals surface area contributed by atoms with Crippen molar-refractivity contribution in [1.29, 1.82) is 0 Å². The Balaban J connectivity index is 1.75. The predicted molar refractivity (Wildman–Crippen MR) is 73.3 cm³/mol. The van der Waals surface area contributed by atoms with Gasteiger partial charge in [0.25, 0.3) is 0 Å². The van der Waals surface area contributed by atoms with E-state index in [9.17, 15) is 4.79 Å². The number of hydrogen-bond donors (Lipinski definition) is 1. The summed E-state index contributed by atoms with van der Waals surface area (Å²) < 4.78 is 0. The van der Waals surface area contributed by atoms with Gasteiger partial charge in [0, 0.05) is 37.6 Å². The molecule has 0 aromatic heterocycles. The summed E-state index contributed by atoms with van der Waals surface area (Å²) in [6.45, 7) is 3.92. The SMILES string of the molecule is O=C1NCCCN1c1ccc(N2CCCC2)cc1.